The molecular formula is C24H24N2O5. The number of carbonyl (C=O) groups is 2. The van der Waals surface area contributed by atoms with Gasteiger partial charge in [0.2, 0.25) is 0 Å². The number of methoxy groups -OCH3 is 1. The molecule has 0 aliphatic heterocycles. The van der Waals surface area contributed by atoms with Crippen LogP contribution < -0.4 is 20.1 Å². The fourth-order valence-corrected chi connectivity index (χ4v) is 2.69. The van der Waals surface area contributed by atoms with Crippen LogP contribution in [-0.4, -0.2) is 31.6 Å². The van der Waals surface area contributed by atoms with Crippen molar-refractivity contribution in [2.24, 2.45) is 0 Å². The van der Waals surface area contributed by atoms with Crippen LogP contribution in [-0.2, 0) is 4.79 Å². The van der Waals surface area contributed by atoms with Gasteiger partial charge < -0.3 is 24.5 Å². The number of hydrogen-bond donors (Lipinski definition) is 2. The molecule has 1 heterocycles. The number of para-hydroxylation sites is 1. The first-order chi connectivity index (χ1) is 15.0. The summed E-state index contributed by atoms with van der Waals surface area (Å²) >= 11 is 0. The van der Waals surface area contributed by atoms with Crippen LogP contribution in [0.4, 0.5) is 0 Å². The molecule has 1 aromatic heterocycles. The van der Waals surface area contributed by atoms with Gasteiger partial charge in [-0.15, -0.1) is 0 Å². The van der Waals surface area contributed by atoms with E-state index in [-0.39, 0.29) is 18.3 Å². The lowest BCUT2D eigenvalue weighted by Crippen LogP contribution is -2.41. The standard InChI is InChI=1S/C24H24N2O5/c1-17(16-31-20-7-4-3-5-8-20)25-24(28)22(15-21-9-6-14-30-21)26-23(27)18-10-12-19(29-2)13-11-18/h3-15,17H,16H2,1-2H3,(H,25,28)(H,26,27)/b22-15-. The third kappa shape index (κ3) is 6.50. The van der Waals surface area contributed by atoms with Crippen molar-refractivity contribution >= 4 is 17.9 Å². The Hall–Kier alpha value is -4.00. The van der Waals surface area contributed by atoms with Crippen molar-refractivity contribution in [3.8, 4) is 11.5 Å². The molecule has 2 aromatic carbocycles. The van der Waals surface area contributed by atoms with E-state index in [4.69, 9.17) is 13.9 Å². The van der Waals surface area contributed by atoms with Crippen molar-refractivity contribution in [2.75, 3.05) is 13.7 Å². The third-order valence-corrected chi connectivity index (χ3v) is 4.30. The van der Waals surface area contributed by atoms with E-state index < -0.39 is 11.8 Å². The highest BCUT2D eigenvalue weighted by Gasteiger charge is 2.17. The Morgan fingerprint density at radius 3 is 2.39 bits per heavy atom. The van der Waals surface area contributed by atoms with E-state index in [9.17, 15) is 9.59 Å². The molecule has 0 saturated carbocycles. The van der Waals surface area contributed by atoms with Crippen LogP contribution in [0.1, 0.15) is 23.0 Å². The highest BCUT2D eigenvalue weighted by Crippen LogP contribution is 2.13. The lowest BCUT2D eigenvalue weighted by atomic mass is 10.2. The Morgan fingerprint density at radius 1 is 1.00 bits per heavy atom. The number of benzene rings is 2. The minimum Gasteiger partial charge on any atom is -0.497 e. The summed E-state index contributed by atoms with van der Waals surface area (Å²) in [5, 5.41) is 5.49. The number of nitrogens with one attached hydrogen (secondary N) is 2. The summed E-state index contributed by atoms with van der Waals surface area (Å²) in [7, 11) is 1.55. The zero-order valence-electron chi connectivity index (χ0n) is 17.3. The molecule has 0 aliphatic carbocycles. The summed E-state index contributed by atoms with van der Waals surface area (Å²) in [5.74, 6) is 0.898. The molecule has 0 bridgehead atoms. The van der Waals surface area contributed by atoms with Crippen LogP contribution >= 0.6 is 0 Å². The summed E-state index contributed by atoms with van der Waals surface area (Å²) in [4.78, 5) is 25.5. The molecule has 7 nitrogen and oxygen atoms in total. The molecule has 0 spiro atoms. The lowest BCUT2D eigenvalue weighted by molar-refractivity contribution is -0.118. The van der Waals surface area contributed by atoms with Gasteiger partial charge in [-0.3, -0.25) is 9.59 Å². The topological polar surface area (TPSA) is 89.8 Å². The normalized spacial score (nSPS) is 12.0. The Morgan fingerprint density at radius 2 is 1.74 bits per heavy atom. The van der Waals surface area contributed by atoms with Gasteiger partial charge in [-0.05, 0) is 55.5 Å². The van der Waals surface area contributed by atoms with Gasteiger partial charge in [-0.25, -0.2) is 0 Å². The van der Waals surface area contributed by atoms with Gasteiger partial charge in [0, 0.05) is 11.6 Å². The van der Waals surface area contributed by atoms with Crippen molar-refractivity contribution in [2.45, 2.75) is 13.0 Å². The minimum atomic E-state index is -0.456. The van der Waals surface area contributed by atoms with Crippen LogP contribution in [0, 0.1) is 0 Å². The van der Waals surface area contributed by atoms with Crippen molar-refractivity contribution in [1.29, 1.82) is 0 Å². The predicted molar refractivity (Wildman–Crippen MR) is 117 cm³/mol. The second-order valence-corrected chi connectivity index (χ2v) is 6.75. The predicted octanol–water partition coefficient (Wildman–Crippen LogP) is 3.64. The maximum absolute atomic E-state index is 12.8. The fraction of sp³-hybridized carbons (Fsp3) is 0.167. The molecule has 1 atom stereocenters. The molecule has 0 fully saturated rings. The van der Waals surface area contributed by atoms with E-state index in [1.54, 1.807) is 43.5 Å². The van der Waals surface area contributed by atoms with Crippen molar-refractivity contribution in [3.05, 3.63) is 90.0 Å². The first-order valence-electron chi connectivity index (χ1n) is 9.74. The Labute approximate surface area is 180 Å². The number of amides is 2. The van der Waals surface area contributed by atoms with E-state index in [0.29, 0.717) is 22.8 Å². The molecule has 2 amide bonds. The van der Waals surface area contributed by atoms with Crippen LogP contribution in [0.2, 0.25) is 0 Å². The first-order valence-corrected chi connectivity index (χ1v) is 9.74. The summed E-state index contributed by atoms with van der Waals surface area (Å²) in [5.41, 5.74) is 0.446. The van der Waals surface area contributed by atoms with Crippen LogP contribution in [0.3, 0.4) is 0 Å². The van der Waals surface area contributed by atoms with Crippen LogP contribution in [0.25, 0.3) is 6.08 Å². The summed E-state index contributed by atoms with van der Waals surface area (Å²) in [6, 6.07) is 19.0. The molecule has 31 heavy (non-hydrogen) atoms. The van der Waals surface area contributed by atoms with Crippen molar-refractivity contribution in [1.82, 2.24) is 10.6 Å². The van der Waals surface area contributed by atoms with Crippen molar-refractivity contribution in [3.63, 3.8) is 0 Å². The first kappa shape index (κ1) is 21.7. The summed E-state index contributed by atoms with van der Waals surface area (Å²) in [6.07, 6.45) is 2.96. The van der Waals surface area contributed by atoms with E-state index in [1.165, 1.54) is 12.3 Å². The molecule has 160 valence electrons. The number of furan rings is 1. The third-order valence-electron chi connectivity index (χ3n) is 4.30. The smallest absolute Gasteiger partial charge is 0.268 e. The van der Waals surface area contributed by atoms with Gasteiger partial charge in [-0.1, -0.05) is 18.2 Å². The average molecular weight is 420 g/mol. The second-order valence-electron chi connectivity index (χ2n) is 6.75. The Balaban J connectivity index is 1.67. The van der Waals surface area contributed by atoms with E-state index >= 15 is 0 Å². The van der Waals surface area contributed by atoms with Gasteiger partial charge >= 0.3 is 0 Å². The summed E-state index contributed by atoms with van der Waals surface area (Å²) < 4.78 is 16.1. The highest BCUT2D eigenvalue weighted by atomic mass is 16.5. The average Bonchev–Trinajstić information content (AvgIpc) is 3.31. The van der Waals surface area contributed by atoms with Crippen molar-refractivity contribution < 1.29 is 23.5 Å². The number of hydrogen-bond acceptors (Lipinski definition) is 5. The summed E-state index contributed by atoms with van der Waals surface area (Å²) in [6.45, 7) is 2.09. The van der Waals surface area contributed by atoms with Crippen LogP contribution in [0.5, 0.6) is 11.5 Å². The van der Waals surface area contributed by atoms with Gasteiger partial charge in [0.1, 0.15) is 29.6 Å². The molecule has 0 saturated heterocycles. The SMILES string of the molecule is COc1ccc(C(=O)N/C(=C\c2ccco2)C(=O)NC(C)COc2ccccc2)cc1. The Kier molecular flexibility index (Phi) is 7.48. The minimum absolute atomic E-state index is 0.0577. The van der Waals surface area contributed by atoms with E-state index in [1.807, 2.05) is 37.3 Å². The lowest BCUT2D eigenvalue weighted by Gasteiger charge is -2.17. The molecule has 0 aliphatic rings. The van der Waals surface area contributed by atoms with Gasteiger partial charge in [-0.2, -0.15) is 0 Å². The number of ether oxygens (including phenoxy) is 2. The molecule has 3 rings (SSSR count). The molecule has 3 aromatic rings. The van der Waals surface area contributed by atoms with E-state index in [0.717, 1.165) is 0 Å². The van der Waals surface area contributed by atoms with E-state index in [2.05, 4.69) is 10.6 Å². The Bertz CT molecular complexity index is 1010. The highest BCUT2D eigenvalue weighted by molar-refractivity contribution is 6.05. The monoisotopic (exact) mass is 420 g/mol. The molecule has 2 N–H and O–H groups in total. The maximum Gasteiger partial charge on any atom is 0.268 e. The molecule has 7 heteroatoms. The maximum atomic E-state index is 12.8. The quantitative estimate of drug-likeness (QED) is 0.516. The molecule has 1 unspecified atom stereocenters. The number of carbonyl (C=O) groups excluding carboxylic acids is 2. The van der Waals surface area contributed by atoms with Crippen LogP contribution in [0.15, 0.2) is 83.1 Å². The largest absolute Gasteiger partial charge is 0.497 e. The fourth-order valence-electron chi connectivity index (χ4n) is 2.69. The second kappa shape index (κ2) is 10.7. The number of rotatable bonds is 9. The molecular weight excluding hydrogens is 396 g/mol. The zero-order chi connectivity index (χ0) is 22.1. The zero-order valence-corrected chi connectivity index (χ0v) is 17.3. The molecule has 0 radical (unpaired) electrons. The van der Waals surface area contributed by atoms with Gasteiger partial charge in [0.25, 0.3) is 11.8 Å². The van der Waals surface area contributed by atoms with Gasteiger partial charge in [0.15, 0.2) is 0 Å². The van der Waals surface area contributed by atoms with Gasteiger partial charge in [0.05, 0.1) is 19.4 Å².